The van der Waals surface area contributed by atoms with Crippen molar-refractivity contribution in [2.24, 2.45) is 0 Å². The largest absolute Gasteiger partial charge is 0.489 e. The third-order valence-corrected chi connectivity index (χ3v) is 6.34. The first-order valence-electron chi connectivity index (χ1n) is 13.8. The molecule has 3 aromatic carbocycles. The molecule has 4 aromatic rings. The summed E-state index contributed by atoms with van der Waals surface area (Å²) in [6.45, 7) is 7.30. The van der Waals surface area contributed by atoms with Crippen molar-refractivity contribution in [1.29, 1.82) is 0 Å². The molecule has 1 heterocycles. The predicted octanol–water partition coefficient (Wildman–Crippen LogP) is 7.26. The fraction of sp³-hybridized carbons (Fsp3) is 0.265. The second kappa shape index (κ2) is 13.8. The number of aliphatic carboxylic acids is 1. The number of benzene rings is 3. The van der Waals surface area contributed by atoms with Crippen LogP contribution in [0.25, 0.3) is 11.1 Å². The minimum atomic E-state index is -0.963. The van der Waals surface area contributed by atoms with Gasteiger partial charge in [0.25, 0.3) is 0 Å². The van der Waals surface area contributed by atoms with E-state index in [1.54, 1.807) is 101 Å². The van der Waals surface area contributed by atoms with Crippen LogP contribution in [0.5, 0.6) is 11.5 Å². The van der Waals surface area contributed by atoms with Crippen molar-refractivity contribution in [3.05, 3.63) is 113 Å². The molecule has 0 saturated carbocycles. The lowest BCUT2D eigenvalue weighted by Crippen LogP contribution is -2.34. The number of carboxylic acid groups (broad SMARTS) is 1. The van der Waals surface area contributed by atoms with Gasteiger partial charge in [-0.15, -0.1) is 0 Å². The number of pyridine rings is 1. The summed E-state index contributed by atoms with van der Waals surface area (Å²) >= 11 is 0. The van der Waals surface area contributed by atoms with Crippen LogP contribution in [0.15, 0.2) is 85.2 Å². The lowest BCUT2D eigenvalue weighted by atomic mass is 9.97. The number of alkyl carbamates (subject to hydrolysis) is 1. The van der Waals surface area contributed by atoms with E-state index in [2.05, 4.69) is 10.3 Å². The summed E-state index contributed by atoms with van der Waals surface area (Å²) in [6, 6.07) is 20.3. The molecule has 8 nitrogen and oxygen atoms in total. The molecule has 0 aliphatic heterocycles. The topological polar surface area (TPSA) is 107 Å². The summed E-state index contributed by atoms with van der Waals surface area (Å²) in [6.07, 6.45) is 2.56. The van der Waals surface area contributed by atoms with Crippen molar-refractivity contribution in [3.8, 4) is 22.6 Å². The van der Waals surface area contributed by atoms with E-state index in [9.17, 15) is 14.7 Å². The fourth-order valence-corrected chi connectivity index (χ4v) is 4.42. The number of hydrogen-bond donors (Lipinski definition) is 2. The number of aromatic nitrogens is 1. The summed E-state index contributed by atoms with van der Waals surface area (Å²) in [5.41, 5.74) is 2.57. The zero-order valence-electron chi connectivity index (χ0n) is 24.6. The van der Waals surface area contributed by atoms with Gasteiger partial charge in [0, 0.05) is 34.6 Å². The third-order valence-electron chi connectivity index (χ3n) is 6.34. The number of halogens is 1. The van der Waals surface area contributed by atoms with Gasteiger partial charge in [-0.1, -0.05) is 42.5 Å². The van der Waals surface area contributed by atoms with E-state index in [0.717, 1.165) is 5.56 Å². The van der Waals surface area contributed by atoms with Crippen LogP contribution in [0.4, 0.5) is 9.18 Å². The van der Waals surface area contributed by atoms with Gasteiger partial charge in [0.1, 0.15) is 36.1 Å². The smallest absolute Gasteiger partial charge is 0.408 e. The normalized spacial score (nSPS) is 11.8. The molecule has 9 heteroatoms. The standard InChI is InChI=1S/C34H35FN2O6/c1-22(37-33(40)43-34(2,3)4)28-11-7-12-29(32(28)35)26-15-24(16-27(17-26)41-20-23-9-8-14-36-19-23)21-42-30-13-6-5-10-25(30)18-31(38)39/h5-17,19,22H,18,20-21H2,1-4H3,(H,37,40)(H,38,39). The molecule has 0 fully saturated rings. The molecule has 0 aliphatic rings. The summed E-state index contributed by atoms with van der Waals surface area (Å²) in [5, 5.41) is 12.0. The molecule has 0 spiro atoms. The Balaban J connectivity index is 1.64. The number of rotatable bonds is 11. The van der Waals surface area contributed by atoms with Crippen LogP contribution < -0.4 is 14.8 Å². The summed E-state index contributed by atoms with van der Waals surface area (Å²) in [4.78, 5) is 27.8. The minimum Gasteiger partial charge on any atom is -0.489 e. The number of nitrogens with zero attached hydrogens (tertiary/aromatic N) is 1. The predicted molar refractivity (Wildman–Crippen MR) is 160 cm³/mol. The van der Waals surface area contributed by atoms with E-state index in [0.29, 0.717) is 39.3 Å². The molecule has 1 aromatic heterocycles. The number of carbonyl (C=O) groups excluding carboxylic acids is 1. The Morgan fingerprint density at radius 2 is 1.72 bits per heavy atom. The van der Waals surface area contributed by atoms with E-state index >= 15 is 4.39 Å². The van der Waals surface area contributed by atoms with Gasteiger partial charge in [-0.25, -0.2) is 9.18 Å². The highest BCUT2D eigenvalue weighted by Gasteiger charge is 2.21. The number of amides is 1. The average Bonchev–Trinajstić information content (AvgIpc) is 2.95. The Bertz CT molecular complexity index is 1570. The number of carbonyl (C=O) groups is 2. The SMILES string of the molecule is CC(NC(=O)OC(C)(C)C)c1cccc(-c2cc(COc3ccccc3CC(=O)O)cc(OCc3cccnc3)c2)c1F. The van der Waals surface area contributed by atoms with Gasteiger partial charge in [-0.3, -0.25) is 9.78 Å². The van der Waals surface area contributed by atoms with Crippen LogP contribution in [-0.4, -0.2) is 27.8 Å². The Hall–Kier alpha value is -4.92. The Labute approximate surface area is 250 Å². The van der Waals surface area contributed by atoms with Crippen LogP contribution >= 0.6 is 0 Å². The molecule has 224 valence electrons. The third kappa shape index (κ3) is 9.03. The Morgan fingerprint density at radius 1 is 0.953 bits per heavy atom. The van der Waals surface area contributed by atoms with Crippen molar-refractivity contribution in [2.45, 2.75) is 59.0 Å². The lowest BCUT2D eigenvalue weighted by Gasteiger charge is -2.22. The Morgan fingerprint density at radius 3 is 2.44 bits per heavy atom. The van der Waals surface area contributed by atoms with Gasteiger partial charge >= 0.3 is 12.1 Å². The highest BCUT2D eigenvalue weighted by Crippen LogP contribution is 2.32. The summed E-state index contributed by atoms with van der Waals surface area (Å²) < 4.78 is 33.4. The number of hydrogen-bond acceptors (Lipinski definition) is 6. The van der Waals surface area contributed by atoms with Crippen molar-refractivity contribution >= 4 is 12.1 Å². The summed E-state index contributed by atoms with van der Waals surface area (Å²) in [5.74, 6) is -0.518. The molecule has 0 radical (unpaired) electrons. The van der Waals surface area contributed by atoms with Gasteiger partial charge in [0.05, 0.1) is 12.5 Å². The second-order valence-electron chi connectivity index (χ2n) is 11.1. The van der Waals surface area contributed by atoms with Crippen molar-refractivity contribution in [1.82, 2.24) is 10.3 Å². The van der Waals surface area contributed by atoms with E-state index in [1.807, 2.05) is 12.1 Å². The van der Waals surface area contributed by atoms with Crippen LogP contribution in [0.3, 0.4) is 0 Å². The lowest BCUT2D eigenvalue weighted by molar-refractivity contribution is -0.136. The van der Waals surface area contributed by atoms with Crippen molar-refractivity contribution < 1.29 is 33.3 Å². The van der Waals surface area contributed by atoms with Crippen molar-refractivity contribution in [2.75, 3.05) is 0 Å². The van der Waals surface area contributed by atoms with E-state index in [-0.39, 0.29) is 19.6 Å². The number of carboxylic acids is 1. The molecule has 0 saturated heterocycles. The van der Waals surface area contributed by atoms with Crippen LogP contribution in [-0.2, 0) is 29.2 Å². The first-order valence-corrected chi connectivity index (χ1v) is 13.8. The quantitative estimate of drug-likeness (QED) is 0.191. The van der Waals surface area contributed by atoms with Crippen molar-refractivity contribution in [3.63, 3.8) is 0 Å². The molecule has 1 amide bonds. The minimum absolute atomic E-state index is 0.0889. The first kappa shape index (κ1) is 31.0. The molecule has 2 N–H and O–H groups in total. The maximum absolute atomic E-state index is 16.0. The Kier molecular flexibility index (Phi) is 9.98. The molecule has 43 heavy (non-hydrogen) atoms. The van der Waals surface area contributed by atoms with E-state index < -0.39 is 29.5 Å². The van der Waals surface area contributed by atoms with Gasteiger partial charge < -0.3 is 24.6 Å². The molecular weight excluding hydrogens is 551 g/mol. The maximum atomic E-state index is 16.0. The number of para-hydroxylation sites is 1. The molecular formula is C34H35FN2O6. The zero-order chi connectivity index (χ0) is 31.0. The monoisotopic (exact) mass is 586 g/mol. The van der Waals surface area contributed by atoms with Gasteiger partial charge in [-0.2, -0.15) is 0 Å². The fourth-order valence-electron chi connectivity index (χ4n) is 4.42. The molecule has 0 aliphatic carbocycles. The maximum Gasteiger partial charge on any atom is 0.408 e. The zero-order valence-corrected chi connectivity index (χ0v) is 24.6. The molecule has 0 bridgehead atoms. The average molecular weight is 587 g/mol. The van der Waals surface area contributed by atoms with Gasteiger partial charge in [-0.05, 0) is 69.2 Å². The summed E-state index contributed by atoms with van der Waals surface area (Å²) in [7, 11) is 0. The molecule has 4 rings (SSSR count). The molecule has 1 unspecified atom stereocenters. The van der Waals surface area contributed by atoms with Crippen LogP contribution in [0, 0.1) is 5.82 Å². The number of ether oxygens (including phenoxy) is 3. The van der Waals surface area contributed by atoms with Gasteiger partial charge in [0.15, 0.2) is 0 Å². The van der Waals surface area contributed by atoms with E-state index in [4.69, 9.17) is 14.2 Å². The number of nitrogens with one attached hydrogen (secondary N) is 1. The van der Waals surface area contributed by atoms with Crippen LogP contribution in [0.1, 0.15) is 56.0 Å². The van der Waals surface area contributed by atoms with Gasteiger partial charge in [0.2, 0.25) is 0 Å². The highest BCUT2D eigenvalue weighted by molar-refractivity contribution is 5.72. The second-order valence-corrected chi connectivity index (χ2v) is 11.1. The first-order chi connectivity index (χ1) is 20.5. The molecule has 1 atom stereocenters. The van der Waals surface area contributed by atoms with Crippen LogP contribution in [0.2, 0.25) is 0 Å². The van der Waals surface area contributed by atoms with E-state index in [1.165, 1.54) is 0 Å². The highest BCUT2D eigenvalue weighted by atomic mass is 19.1.